The van der Waals surface area contributed by atoms with Gasteiger partial charge in [-0.3, -0.25) is 9.63 Å². The Morgan fingerprint density at radius 2 is 1.74 bits per heavy atom. The number of hydrogen-bond acceptors (Lipinski definition) is 4. The van der Waals surface area contributed by atoms with Crippen molar-refractivity contribution in [2.24, 2.45) is 0 Å². The van der Waals surface area contributed by atoms with Crippen molar-refractivity contribution in [3.05, 3.63) is 58.1 Å². The van der Waals surface area contributed by atoms with Gasteiger partial charge in [-0.15, -0.1) is 0 Å². The third kappa shape index (κ3) is 4.97. The van der Waals surface area contributed by atoms with Gasteiger partial charge in [0.25, 0.3) is 0 Å². The van der Waals surface area contributed by atoms with Gasteiger partial charge in [0.2, 0.25) is 5.91 Å². The predicted molar refractivity (Wildman–Crippen MR) is 90.3 cm³/mol. The van der Waals surface area contributed by atoms with Crippen LogP contribution in [0, 0.1) is 0 Å². The monoisotopic (exact) mass is 379 g/mol. The van der Waals surface area contributed by atoms with E-state index < -0.39 is 0 Å². The summed E-state index contributed by atoms with van der Waals surface area (Å²) in [7, 11) is 3.12. The highest BCUT2D eigenvalue weighted by Gasteiger charge is 2.12. The SMILES string of the molecule is COc1cc(Br)c(CC(=O)NOCc2ccccc2)cc1OC. The summed E-state index contributed by atoms with van der Waals surface area (Å²) in [4.78, 5) is 17.2. The smallest absolute Gasteiger partial charge is 0.248 e. The van der Waals surface area contributed by atoms with Crippen molar-refractivity contribution in [1.29, 1.82) is 0 Å². The van der Waals surface area contributed by atoms with Crippen LogP contribution < -0.4 is 15.0 Å². The molecule has 2 rings (SSSR count). The minimum absolute atomic E-state index is 0.162. The molecule has 0 atom stereocenters. The summed E-state index contributed by atoms with van der Waals surface area (Å²) >= 11 is 3.43. The molecule has 0 heterocycles. The molecule has 0 aromatic heterocycles. The molecule has 0 aliphatic heterocycles. The van der Waals surface area contributed by atoms with E-state index in [1.165, 1.54) is 0 Å². The van der Waals surface area contributed by atoms with Crippen molar-refractivity contribution in [1.82, 2.24) is 5.48 Å². The first kappa shape index (κ1) is 17.3. The van der Waals surface area contributed by atoms with Gasteiger partial charge >= 0.3 is 0 Å². The molecule has 122 valence electrons. The van der Waals surface area contributed by atoms with Crippen LogP contribution in [0.15, 0.2) is 46.9 Å². The van der Waals surface area contributed by atoms with Crippen molar-refractivity contribution in [3.8, 4) is 11.5 Å². The molecule has 0 saturated carbocycles. The molecule has 0 bridgehead atoms. The summed E-state index contributed by atoms with van der Waals surface area (Å²) in [6.07, 6.45) is 0.162. The Hall–Kier alpha value is -2.05. The third-order valence-electron chi connectivity index (χ3n) is 3.17. The maximum absolute atomic E-state index is 12.0. The topological polar surface area (TPSA) is 56.8 Å². The number of carbonyl (C=O) groups is 1. The number of methoxy groups -OCH3 is 2. The highest BCUT2D eigenvalue weighted by molar-refractivity contribution is 9.10. The number of benzene rings is 2. The van der Waals surface area contributed by atoms with Crippen molar-refractivity contribution in [2.75, 3.05) is 14.2 Å². The number of ether oxygens (including phenoxy) is 2. The number of halogens is 1. The number of hydrogen-bond donors (Lipinski definition) is 1. The van der Waals surface area contributed by atoms with Gasteiger partial charge in [-0.1, -0.05) is 46.3 Å². The zero-order valence-electron chi connectivity index (χ0n) is 13.0. The van der Waals surface area contributed by atoms with Gasteiger partial charge in [0.1, 0.15) is 0 Å². The Bertz CT molecular complexity index is 661. The lowest BCUT2D eigenvalue weighted by Crippen LogP contribution is -2.25. The van der Waals surface area contributed by atoms with Gasteiger partial charge in [-0.2, -0.15) is 0 Å². The van der Waals surface area contributed by atoms with Gasteiger partial charge in [0.15, 0.2) is 11.5 Å². The molecule has 2 aromatic carbocycles. The molecule has 2 aromatic rings. The van der Waals surface area contributed by atoms with Crippen molar-refractivity contribution in [2.45, 2.75) is 13.0 Å². The van der Waals surface area contributed by atoms with E-state index in [0.29, 0.717) is 18.1 Å². The average Bonchev–Trinajstić information content (AvgIpc) is 2.57. The van der Waals surface area contributed by atoms with E-state index in [4.69, 9.17) is 14.3 Å². The number of nitrogens with one attached hydrogen (secondary N) is 1. The van der Waals surface area contributed by atoms with Crippen LogP contribution in [0.2, 0.25) is 0 Å². The third-order valence-corrected chi connectivity index (χ3v) is 3.91. The minimum atomic E-state index is -0.242. The Kier molecular flexibility index (Phi) is 6.43. The lowest BCUT2D eigenvalue weighted by molar-refractivity contribution is -0.133. The van der Waals surface area contributed by atoms with E-state index >= 15 is 0 Å². The second kappa shape index (κ2) is 8.55. The van der Waals surface area contributed by atoms with Crippen LogP contribution >= 0.6 is 15.9 Å². The minimum Gasteiger partial charge on any atom is -0.493 e. The zero-order chi connectivity index (χ0) is 16.7. The van der Waals surface area contributed by atoms with Crippen molar-refractivity contribution in [3.63, 3.8) is 0 Å². The maximum atomic E-state index is 12.0. The van der Waals surface area contributed by atoms with Crippen molar-refractivity contribution >= 4 is 21.8 Å². The Morgan fingerprint density at radius 3 is 2.39 bits per heavy atom. The summed E-state index contributed by atoms with van der Waals surface area (Å²) in [5.74, 6) is 0.932. The molecule has 0 radical (unpaired) electrons. The first-order chi connectivity index (χ1) is 11.1. The molecule has 5 nitrogen and oxygen atoms in total. The van der Waals surface area contributed by atoms with Crippen LogP contribution in [0.1, 0.15) is 11.1 Å². The average molecular weight is 380 g/mol. The molecule has 0 aliphatic carbocycles. The van der Waals surface area contributed by atoms with Gasteiger partial charge in [-0.25, -0.2) is 5.48 Å². The normalized spacial score (nSPS) is 10.2. The molecule has 0 unspecified atom stereocenters. The zero-order valence-corrected chi connectivity index (χ0v) is 14.6. The molecule has 0 saturated heterocycles. The molecule has 1 N–H and O–H groups in total. The first-order valence-corrected chi connectivity index (χ1v) is 7.78. The van der Waals surface area contributed by atoms with E-state index in [-0.39, 0.29) is 12.3 Å². The summed E-state index contributed by atoms with van der Waals surface area (Å²) in [6.45, 7) is 0.319. The lowest BCUT2D eigenvalue weighted by Gasteiger charge is -2.12. The Balaban J connectivity index is 1.92. The quantitative estimate of drug-likeness (QED) is 0.750. The molecule has 0 fully saturated rings. The predicted octanol–water partition coefficient (Wildman–Crippen LogP) is 3.26. The summed E-state index contributed by atoms with van der Waals surface area (Å²) < 4.78 is 11.2. The Morgan fingerprint density at radius 1 is 1.09 bits per heavy atom. The first-order valence-electron chi connectivity index (χ1n) is 6.99. The van der Waals surface area contributed by atoms with Crippen LogP contribution in [0.4, 0.5) is 0 Å². The Labute approximate surface area is 143 Å². The van der Waals surface area contributed by atoms with Gasteiger partial charge < -0.3 is 9.47 Å². The second-order valence-corrected chi connectivity index (χ2v) is 5.63. The maximum Gasteiger partial charge on any atom is 0.248 e. The van der Waals surface area contributed by atoms with Crippen LogP contribution in [-0.4, -0.2) is 20.1 Å². The highest BCUT2D eigenvalue weighted by atomic mass is 79.9. The fourth-order valence-electron chi connectivity index (χ4n) is 2.01. The van der Waals surface area contributed by atoms with E-state index in [9.17, 15) is 4.79 Å². The van der Waals surface area contributed by atoms with E-state index in [1.54, 1.807) is 26.4 Å². The summed E-state index contributed by atoms with van der Waals surface area (Å²) in [5.41, 5.74) is 4.21. The van der Waals surface area contributed by atoms with Crippen LogP contribution in [0.3, 0.4) is 0 Å². The molecule has 23 heavy (non-hydrogen) atoms. The largest absolute Gasteiger partial charge is 0.493 e. The van der Waals surface area contributed by atoms with Gasteiger partial charge in [0.05, 0.1) is 27.2 Å². The lowest BCUT2D eigenvalue weighted by atomic mass is 10.1. The number of carbonyl (C=O) groups excluding carboxylic acids is 1. The fraction of sp³-hybridized carbons (Fsp3) is 0.235. The van der Waals surface area contributed by atoms with E-state index in [0.717, 1.165) is 15.6 Å². The van der Waals surface area contributed by atoms with Crippen LogP contribution in [0.25, 0.3) is 0 Å². The molecule has 0 spiro atoms. The second-order valence-electron chi connectivity index (χ2n) is 4.77. The standard InChI is InChI=1S/C17H18BrNO4/c1-21-15-8-13(14(18)10-16(15)22-2)9-17(20)19-23-11-12-6-4-3-5-7-12/h3-8,10H,9,11H2,1-2H3,(H,19,20). The van der Waals surface area contributed by atoms with Gasteiger partial charge in [0, 0.05) is 4.47 Å². The van der Waals surface area contributed by atoms with E-state index in [2.05, 4.69) is 21.4 Å². The molecular formula is C17H18BrNO4. The summed E-state index contributed by atoms with van der Waals surface area (Å²) in [6, 6.07) is 13.2. The van der Waals surface area contributed by atoms with Gasteiger partial charge in [-0.05, 0) is 23.3 Å². The highest BCUT2D eigenvalue weighted by Crippen LogP contribution is 2.33. The van der Waals surface area contributed by atoms with E-state index in [1.807, 2.05) is 30.3 Å². The number of rotatable bonds is 7. The fourth-order valence-corrected chi connectivity index (χ4v) is 2.48. The van der Waals surface area contributed by atoms with Crippen molar-refractivity contribution < 1.29 is 19.1 Å². The molecule has 1 amide bonds. The number of amides is 1. The molecule has 6 heteroatoms. The van der Waals surface area contributed by atoms with Crippen LogP contribution in [0.5, 0.6) is 11.5 Å². The molecular weight excluding hydrogens is 362 g/mol. The summed E-state index contributed by atoms with van der Waals surface area (Å²) in [5, 5.41) is 0. The van der Waals surface area contributed by atoms with Crippen LogP contribution in [-0.2, 0) is 22.7 Å². The number of hydroxylamine groups is 1. The molecule has 0 aliphatic rings.